The van der Waals surface area contributed by atoms with Gasteiger partial charge >= 0.3 is 5.97 Å². The number of carbonyl (C=O) groups is 1. The quantitative estimate of drug-likeness (QED) is 0.763. The zero-order valence-corrected chi connectivity index (χ0v) is 9.65. The molecule has 0 bridgehead atoms. The van der Waals surface area contributed by atoms with Crippen LogP contribution in [-0.2, 0) is 16.0 Å². The Morgan fingerprint density at radius 2 is 2.24 bits per heavy atom. The molecule has 0 saturated carbocycles. The Morgan fingerprint density at radius 3 is 2.82 bits per heavy atom. The summed E-state index contributed by atoms with van der Waals surface area (Å²) in [7, 11) is 1.32. The number of hydrogen-bond acceptors (Lipinski definition) is 4. The molecule has 0 heterocycles. The summed E-state index contributed by atoms with van der Waals surface area (Å²) in [6, 6.07) is 3.54. The standard InChI is InChI=1S/C12H16FNO3/c1-17-12(16)3-2-10(14)5-8-4-9(13)7-11(15)6-8/h4,6-7,10,15H,2-3,5,14H2,1H3. The number of hydrogen-bond donors (Lipinski definition) is 2. The molecule has 3 N–H and O–H groups in total. The number of rotatable bonds is 5. The average molecular weight is 241 g/mol. The van der Waals surface area contributed by atoms with E-state index >= 15 is 0 Å². The first-order valence-corrected chi connectivity index (χ1v) is 5.32. The lowest BCUT2D eigenvalue weighted by molar-refractivity contribution is -0.140. The van der Waals surface area contributed by atoms with E-state index in [-0.39, 0.29) is 24.2 Å². The van der Waals surface area contributed by atoms with Gasteiger partial charge in [-0.3, -0.25) is 4.79 Å². The molecule has 1 aromatic rings. The summed E-state index contributed by atoms with van der Waals surface area (Å²) in [5.41, 5.74) is 6.41. The van der Waals surface area contributed by atoms with Crippen molar-refractivity contribution in [2.24, 2.45) is 5.73 Å². The first kappa shape index (κ1) is 13.4. The van der Waals surface area contributed by atoms with Gasteiger partial charge in [-0.25, -0.2) is 4.39 Å². The largest absolute Gasteiger partial charge is 0.508 e. The van der Waals surface area contributed by atoms with Crippen LogP contribution in [0.15, 0.2) is 18.2 Å². The minimum Gasteiger partial charge on any atom is -0.508 e. The molecule has 0 aliphatic rings. The van der Waals surface area contributed by atoms with Gasteiger partial charge in [-0.2, -0.15) is 0 Å². The molecule has 0 radical (unpaired) electrons. The Bertz CT molecular complexity index is 375. The molecule has 94 valence electrons. The predicted molar refractivity (Wildman–Crippen MR) is 61.0 cm³/mol. The SMILES string of the molecule is COC(=O)CCC(N)Cc1cc(O)cc(F)c1. The van der Waals surface area contributed by atoms with E-state index in [4.69, 9.17) is 5.73 Å². The van der Waals surface area contributed by atoms with E-state index in [1.807, 2.05) is 0 Å². The summed E-state index contributed by atoms with van der Waals surface area (Å²) >= 11 is 0. The summed E-state index contributed by atoms with van der Waals surface area (Å²) < 4.78 is 17.5. The highest BCUT2D eigenvalue weighted by molar-refractivity contribution is 5.69. The predicted octanol–water partition coefficient (Wildman–Crippen LogP) is 1.35. The van der Waals surface area contributed by atoms with Gasteiger partial charge in [-0.15, -0.1) is 0 Å². The van der Waals surface area contributed by atoms with Crippen LogP contribution < -0.4 is 5.73 Å². The van der Waals surface area contributed by atoms with Crippen molar-refractivity contribution >= 4 is 5.97 Å². The van der Waals surface area contributed by atoms with E-state index in [1.54, 1.807) is 0 Å². The topological polar surface area (TPSA) is 72.5 Å². The maximum absolute atomic E-state index is 13.0. The molecule has 0 aliphatic carbocycles. The number of benzene rings is 1. The van der Waals surface area contributed by atoms with Crippen molar-refractivity contribution in [2.45, 2.75) is 25.3 Å². The van der Waals surface area contributed by atoms with E-state index in [0.29, 0.717) is 18.4 Å². The van der Waals surface area contributed by atoms with Crippen LogP contribution in [-0.4, -0.2) is 24.2 Å². The average Bonchev–Trinajstić information content (AvgIpc) is 2.24. The third-order valence-electron chi connectivity index (χ3n) is 2.39. The van der Waals surface area contributed by atoms with Crippen LogP contribution in [0, 0.1) is 5.82 Å². The van der Waals surface area contributed by atoms with Gasteiger partial charge < -0.3 is 15.6 Å². The molecular formula is C12H16FNO3. The van der Waals surface area contributed by atoms with Crippen LogP contribution in [0.5, 0.6) is 5.75 Å². The lowest BCUT2D eigenvalue weighted by Crippen LogP contribution is -2.24. The Kier molecular flexibility index (Phi) is 4.90. The fourth-order valence-electron chi connectivity index (χ4n) is 1.56. The smallest absolute Gasteiger partial charge is 0.305 e. The van der Waals surface area contributed by atoms with Gasteiger partial charge in [0.15, 0.2) is 0 Å². The highest BCUT2D eigenvalue weighted by Crippen LogP contribution is 2.16. The van der Waals surface area contributed by atoms with Crippen molar-refractivity contribution in [1.29, 1.82) is 0 Å². The summed E-state index contributed by atoms with van der Waals surface area (Å²) in [5, 5.41) is 9.21. The lowest BCUT2D eigenvalue weighted by atomic mass is 10.0. The third kappa shape index (κ3) is 4.82. The highest BCUT2D eigenvalue weighted by atomic mass is 19.1. The number of aromatic hydroxyl groups is 1. The summed E-state index contributed by atoms with van der Waals surface area (Å²) in [4.78, 5) is 10.9. The van der Waals surface area contributed by atoms with E-state index in [1.165, 1.54) is 19.2 Å². The molecule has 0 fully saturated rings. The minimum absolute atomic E-state index is 0.125. The van der Waals surface area contributed by atoms with Crippen LogP contribution in [0.25, 0.3) is 0 Å². The van der Waals surface area contributed by atoms with Crippen LogP contribution in [0.1, 0.15) is 18.4 Å². The molecule has 1 rings (SSSR count). The van der Waals surface area contributed by atoms with Gasteiger partial charge in [-0.1, -0.05) is 0 Å². The van der Waals surface area contributed by atoms with E-state index in [9.17, 15) is 14.3 Å². The summed E-state index contributed by atoms with van der Waals surface area (Å²) in [6.45, 7) is 0. The molecule has 4 nitrogen and oxygen atoms in total. The number of nitrogens with two attached hydrogens (primary N) is 1. The van der Waals surface area contributed by atoms with Gasteiger partial charge in [0.05, 0.1) is 7.11 Å². The third-order valence-corrected chi connectivity index (χ3v) is 2.39. The van der Waals surface area contributed by atoms with Crippen LogP contribution >= 0.6 is 0 Å². The Balaban J connectivity index is 2.50. The number of phenols is 1. The second-order valence-corrected chi connectivity index (χ2v) is 3.90. The van der Waals surface area contributed by atoms with Crippen LogP contribution in [0.2, 0.25) is 0 Å². The molecule has 1 atom stereocenters. The molecular weight excluding hydrogens is 225 g/mol. The number of esters is 1. The number of carbonyl (C=O) groups excluding carboxylic acids is 1. The van der Waals surface area contributed by atoms with E-state index in [2.05, 4.69) is 4.74 Å². The van der Waals surface area contributed by atoms with Gasteiger partial charge in [0.1, 0.15) is 11.6 Å². The molecule has 0 spiro atoms. The monoisotopic (exact) mass is 241 g/mol. The number of methoxy groups -OCH3 is 1. The van der Waals surface area contributed by atoms with Gasteiger partial charge in [0, 0.05) is 18.5 Å². The van der Waals surface area contributed by atoms with E-state index in [0.717, 1.165) is 6.07 Å². The maximum atomic E-state index is 13.0. The molecule has 0 aromatic heterocycles. The van der Waals surface area contributed by atoms with Crippen molar-refractivity contribution in [3.63, 3.8) is 0 Å². The first-order chi connectivity index (χ1) is 8.01. The highest BCUT2D eigenvalue weighted by Gasteiger charge is 2.09. The Labute approximate surface area is 99.2 Å². The second kappa shape index (κ2) is 6.20. The zero-order valence-electron chi connectivity index (χ0n) is 9.65. The molecule has 0 amide bonds. The van der Waals surface area contributed by atoms with Gasteiger partial charge in [0.25, 0.3) is 0 Å². The molecule has 1 unspecified atom stereocenters. The van der Waals surface area contributed by atoms with Crippen molar-refractivity contribution in [3.8, 4) is 5.75 Å². The van der Waals surface area contributed by atoms with Crippen molar-refractivity contribution in [2.75, 3.05) is 7.11 Å². The van der Waals surface area contributed by atoms with Crippen LogP contribution in [0.3, 0.4) is 0 Å². The van der Waals surface area contributed by atoms with E-state index < -0.39 is 5.82 Å². The Morgan fingerprint density at radius 1 is 1.53 bits per heavy atom. The zero-order chi connectivity index (χ0) is 12.8. The fourth-order valence-corrected chi connectivity index (χ4v) is 1.56. The Hall–Kier alpha value is -1.62. The molecule has 0 aliphatic heterocycles. The first-order valence-electron chi connectivity index (χ1n) is 5.32. The van der Waals surface area contributed by atoms with Crippen molar-refractivity contribution < 1.29 is 19.0 Å². The van der Waals surface area contributed by atoms with Crippen molar-refractivity contribution in [1.82, 2.24) is 0 Å². The summed E-state index contributed by atoms with van der Waals surface area (Å²) in [6.07, 6.45) is 1.10. The molecule has 1 aromatic carbocycles. The number of halogens is 1. The van der Waals surface area contributed by atoms with Gasteiger partial charge in [0.2, 0.25) is 0 Å². The fraction of sp³-hybridized carbons (Fsp3) is 0.417. The lowest BCUT2D eigenvalue weighted by Gasteiger charge is -2.11. The number of phenolic OH excluding ortho intramolecular Hbond substituents is 1. The maximum Gasteiger partial charge on any atom is 0.305 e. The molecule has 5 heteroatoms. The normalized spacial score (nSPS) is 12.2. The van der Waals surface area contributed by atoms with Crippen LogP contribution in [0.4, 0.5) is 4.39 Å². The minimum atomic E-state index is -0.500. The molecule has 17 heavy (non-hydrogen) atoms. The van der Waals surface area contributed by atoms with Crippen molar-refractivity contribution in [3.05, 3.63) is 29.6 Å². The summed E-state index contributed by atoms with van der Waals surface area (Å²) in [5.74, 6) is -0.942. The second-order valence-electron chi connectivity index (χ2n) is 3.90. The molecule has 0 saturated heterocycles. The van der Waals surface area contributed by atoms with Gasteiger partial charge in [-0.05, 0) is 30.5 Å². The number of ether oxygens (including phenoxy) is 1.